The number of rotatable bonds is 6. The highest BCUT2D eigenvalue weighted by Crippen LogP contribution is 2.37. The van der Waals surface area contributed by atoms with Crippen LogP contribution in [0.25, 0.3) is 10.8 Å². The first kappa shape index (κ1) is 23.3. The second kappa shape index (κ2) is 11.3. The molecule has 0 amide bonds. The molecule has 170 valence electrons. The lowest BCUT2D eigenvalue weighted by molar-refractivity contribution is 0.312. The molecule has 0 bridgehead atoms. The van der Waals surface area contributed by atoms with Crippen LogP contribution in [0, 0.1) is 23.6 Å². The third-order valence-electron chi connectivity index (χ3n) is 7.10. The van der Waals surface area contributed by atoms with Crippen LogP contribution in [0.4, 0.5) is 4.39 Å². The zero-order valence-electron chi connectivity index (χ0n) is 20.0. The topological polar surface area (TPSA) is 0 Å². The Labute approximate surface area is 198 Å². The smallest absolute Gasteiger partial charge is 0.146 e. The summed E-state index contributed by atoms with van der Waals surface area (Å²) in [5.41, 5.74) is 4.08. The maximum absolute atomic E-state index is 15.0. The van der Waals surface area contributed by atoms with Gasteiger partial charge in [-0.05, 0) is 98.4 Å². The van der Waals surface area contributed by atoms with E-state index in [4.69, 9.17) is 0 Å². The standard InChI is InChI=1S/C32H35F/c1-3-5-6-8-24-9-15-27(16-10-24)28-17-11-25(12-18-28)13-19-29-20-21-30-23-26(7-4-2)14-22-31(30)32(29)33/h3,5,11-12,14,17-18,20-24,27H,4,6-10,15-16H2,1-2H3/b5-3+. The van der Waals surface area contributed by atoms with Crippen molar-refractivity contribution < 1.29 is 4.39 Å². The summed E-state index contributed by atoms with van der Waals surface area (Å²) in [6.07, 6.45) is 14.4. The van der Waals surface area contributed by atoms with E-state index in [2.05, 4.69) is 68.2 Å². The Kier molecular flexibility index (Phi) is 8.01. The van der Waals surface area contributed by atoms with Gasteiger partial charge in [-0.25, -0.2) is 4.39 Å². The number of benzene rings is 3. The second-order valence-electron chi connectivity index (χ2n) is 9.47. The lowest BCUT2D eigenvalue weighted by Gasteiger charge is -2.28. The van der Waals surface area contributed by atoms with Crippen LogP contribution in [0.15, 0.2) is 66.7 Å². The van der Waals surface area contributed by atoms with Crippen LogP contribution in [0.5, 0.6) is 0 Å². The van der Waals surface area contributed by atoms with Crippen LogP contribution in [-0.4, -0.2) is 0 Å². The minimum absolute atomic E-state index is 0.217. The van der Waals surface area contributed by atoms with Gasteiger partial charge in [0.2, 0.25) is 0 Å². The summed E-state index contributed by atoms with van der Waals surface area (Å²) in [7, 11) is 0. The SMILES string of the molecule is C/C=C/CCC1CCC(c2ccc(C#Cc3ccc4cc(CCC)ccc4c3F)cc2)CC1. The van der Waals surface area contributed by atoms with E-state index in [1.165, 1.54) is 49.7 Å². The third-order valence-corrected chi connectivity index (χ3v) is 7.10. The summed E-state index contributed by atoms with van der Waals surface area (Å²) in [6.45, 7) is 4.26. The van der Waals surface area contributed by atoms with E-state index in [0.717, 1.165) is 29.7 Å². The lowest BCUT2D eigenvalue weighted by atomic mass is 9.77. The van der Waals surface area contributed by atoms with Crippen molar-refractivity contribution in [1.29, 1.82) is 0 Å². The highest BCUT2D eigenvalue weighted by Gasteiger charge is 2.21. The molecule has 0 nitrogen and oxygen atoms in total. The molecule has 33 heavy (non-hydrogen) atoms. The number of aryl methyl sites for hydroxylation is 1. The molecule has 0 aliphatic heterocycles. The highest BCUT2D eigenvalue weighted by atomic mass is 19.1. The summed E-state index contributed by atoms with van der Waals surface area (Å²) < 4.78 is 15.0. The normalized spacial score (nSPS) is 18.4. The summed E-state index contributed by atoms with van der Waals surface area (Å²) in [5, 5.41) is 1.60. The molecular formula is C32H35F. The molecular weight excluding hydrogens is 403 g/mol. The Morgan fingerprint density at radius 3 is 2.45 bits per heavy atom. The van der Waals surface area contributed by atoms with Crippen LogP contribution in [0.3, 0.4) is 0 Å². The zero-order chi connectivity index (χ0) is 23.0. The van der Waals surface area contributed by atoms with Crippen LogP contribution in [0.2, 0.25) is 0 Å². The van der Waals surface area contributed by atoms with Crippen molar-refractivity contribution in [2.45, 2.75) is 71.1 Å². The van der Waals surface area contributed by atoms with Crippen molar-refractivity contribution >= 4 is 10.8 Å². The summed E-state index contributed by atoms with van der Waals surface area (Å²) in [4.78, 5) is 0. The van der Waals surface area contributed by atoms with Crippen molar-refractivity contribution in [3.8, 4) is 11.8 Å². The van der Waals surface area contributed by atoms with Crippen LogP contribution < -0.4 is 0 Å². The zero-order valence-corrected chi connectivity index (χ0v) is 20.0. The summed E-state index contributed by atoms with van der Waals surface area (Å²) in [5.74, 6) is 7.56. The van der Waals surface area contributed by atoms with Crippen LogP contribution in [-0.2, 0) is 6.42 Å². The van der Waals surface area contributed by atoms with Gasteiger partial charge in [-0.15, -0.1) is 0 Å². The third kappa shape index (κ3) is 5.94. The fourth-order valence-corrected chi connectivity index (χ4v) is 5.14. The Hall–Kier alpha value is -2.85. The van der Waals surface area contributed by atoms with Gasteiger partial charge in [0, 0.05) is 10.9 Å². The van der Waals surface area contributed by atoms with Gasteiger partial charge >= 0.3 is 0 Å². The van der Waals surface area contributed by atoms with Gasteiger partial charge < -0.3 is 0 Å². The van der Waals surface area contributed by atoms with E-state index < -0.39 is 0 Å². The molecule has 0 radical (unpaired) electrons. The van der Waals surface area contributed by atoms with Crippen molar-refractivity contribution in [3.05, 3.63) is 94.8 Å². The highest BCUT2D eigenvalue weighted by molar-refractivity contribution is 5.85. The molecule has 0 saturated heterocycles. The van der Waals surface area contributed by atoms with Gasteiger partial charge in [0.05, 0.1) is 5.56 Å². The second-order valence-corrected chi connectivity index (χ2v) is 9.47. The van der Waals surface area contributed by atoms with Gasteiger partial charge in [-0.1, -0.05) is 73.7 Å². The number of fused-ring (bicyclic) bond motifs is 1. The van der Waals surface area contributed by atoms with Crippen molar-refractivity contribution in [1.82, 2.24) is 0 Å². The van der Waals surface area contributed by atoms with E-state index in [-0.39, 0.29) is 5.82 Å². The Balaban J connectivity index is 1.41. The van der Waals surface area contributed by atoms with Crippen LogP contribution >= 0.6 is 0 Å². The van der Waals surface area contributed by atoms with E-state index in [9.17, 15) is 0 Å². The van der Waals surface area contributed by atoms with Gasteiger partial charge in [0.15, 0.2) is 0 Å². The molecule has 3 aromatic carbocycles. The van der Waals surface area contributed by atoms with E-state index in [1.54, 1.807) is 0 Å². The molecule has 4 rings (SSSR count). The van der Waals surface area contributed by atoms with Gasteiger partial charge in [0.25, 0.3) is 0 Å². The van der Waals surface area contributed by atoms with Crippen molar-refractivity contribution in [2.75, 3.05) is 0 Å². The van der Waals surface area contributed by atoms with E-state index in [1.807, 2.05) is 24.3 Å². The van der Waals surface area contributed by atoms with Gasteiger partial charge in [0.1, 0.15) is 5.82 Å². The molecule has 1 fully saturated rings. The minimum atomic E-state index is -0.217. The monoisotopic (exact) mass is 438 g/mol. The van der Waals surface area contributed by atoms with E-state index >= 15 is 4.39 Å². The average molecular weight is 439 g/mol. The van der Waals surface area contributed by atoms with Crippen molar-refractivity contribution in [2.24, 2.45) is 5.92 Å². The predicted molar refractivity (Wildman–Crippen MR) is 139 cm³/mol. The molecule has 1 aliphatic rings. The lowest BCUT2D eigenvalue weighted by Crippen LogP contribution is -2.13. The number of hydrogen-bond acceptors (Lipinski definition) is 0. The van der Waals surface area contributed by atoms with Crippen LogP contribution in [0.1, 0.15) is 87.0 Å². The fourth-order valence-electron chi connectivity index (χ4n) is 5.14. The molecule has 3 aromatic rings. The summed E-state index contributed by atoms with van der Waals surface area (Å²) in [6, 6.07) is 18.4. The molecule has 0 heterocycles. The molecule has 0 atom stereocenters. The number of hydrogen-bond donors (Lipinski definition) is 0. The first-order chi connectivity index (χ1) is 16.2. The molecule has 0 N–H and O–H groups in total. The molecule has 1 heteroatoms. The predicted octanol–water partition coefficient (Wildman–Crippen LogP) is 8.96. The van der Waals surface area contributed by atoms with Gasteiger partial charge in [-0.2, -0.15) is 0 Å². The Bertz CT molecular complexity index is 1150. The first-order valence-corrected chi connectivity index (χ1v) is 12.6. The van der Waals surface area contributed by atoms with E-state index in [0.29, 0.717) is 16.9 Å². The minimum Gasteiger partial charge on any atom is -0.205 e. The molecule has 0 aromatic heterocycles. The molecule has 1 aliphatic carbocycles. The molecule has 0 spiro atoms. The summed E-state index contributed by atoms with van der Waals surface area (Å²) >= 11 is 0. The first-order valence-electron chi connectivity index (χ1n) is 12.6. The number of allylic oxidation sites excluding steroid dienone is 2. The molecule has 0 unspecified atom stereocenters. The maximum atomic E-state index is 15.0. The fraction of sp³-hybridized carbons (Fsp3) is 0.375. The number of halogens is 1. The Morgan fingerprint density at radius 1 is 0.939 bits per heavy atom. The van der Waals surface area contributed by atoms with Gasteiger partial charge in [-0.3, -0.25) is 0 Å². The largest absolute Gasteiger partial charge is 0.205 e. The maximum Gasteiger partial charge on any atom is 0.146 e. The molecule has 1 saturated carbocycles. The van der Waals surface area contributed by atoms with Crippen molar-refractivity contribution in [3.63, 3.8) is 0 Å². The average Bonchev–Trinajstić information content (AvgIpc) is 2.85. The Morgan fingerprint density at radius 2 is 1.73 bits per heavy atom. The quantitative estimate of drug-likeness (QED) is 0.266.